The highest BCUT2D eigenvalue weighted by Crippen LogP contribution is 2.23. The smallest absolute Gasteiger partial charge is 0.262 e. The molecule has 4 aromatic rings. The number of fused-ring (bicyclic) bond motifs is 1. The van der Waals surface area contributed by atoms with Crippen molar-refractivity contribution in [2.45, 2.75) is 13.8 Å². The number of nitrogens with one attached hydrogen (secondary N) is 1. The highest BCUT2D eigenvalue weighted by Gasteiger charge is 2.17. The minimum absolute atomic E-state index is 0.175. The van der Waals surface area contributed by atoms with E-state index in [1.165, 1.54) is 6.20 Å². The van der Waals surface area contributed by atoms with Crippen LogP contribution in [0.1, 0.15) is 11.5 Å². The lowest BCUT2D eigenvalue weighted by Crippen LogP contribution is -2.12. The molecule has 0 radical (unpaired) electrons. The molecule has 114 valence electrons. The number of hydrogen-bond acceptors (Lipinski definition) is 7. The summed E-state index contributed by atoms with van der Waals surface area (Å²) in [5, 5.41) is 8.05. The molecule has 0 fully saturated rings. The second-order valence-corrected chi connectivity index (χ2v) is 4.99. The summed E-state index contributed by atoms with van der Waals surface area (Å²) in [6.45, 7) is 3.57. The lowest BCUT2D eigenvalue weighted by atomic mass is 10.2. The van der Waals surface area contributed by atoms with Gasteiger partial charge in [0.2, 0.25) is 5.82 Å². The molecule has 1 N–H and O–H groups in total. The Morgan fingerprint density at radius 1 is 1.17 bits per heavy atom. The zero-order chi connectivity index (χ0) is 16.0. The number of aryl methyl sites for hydroxylation is 2. The van der Waals surface area contributed by atoms with Crippen LogP contribution >= 0.6 is 0 Å². The van der Waals surface area contributed by atoms with Gasteiger partial charge in [-0.2, -0.15) is 10.1 Å². The van der Waals surface area contributed by atoms with E-state index < -0.39 is 0 Å². The van der Waals surface area contributed by atoms with E-state index in [2.05, 4.69) is 30.2 Å². The van der Waals surface area contributed by atoms with E-state index in [1.54, 1.807) is 29.9 Å². The molecule has 0 saturated carbocycles. The molecule has 4 aromatic heterocycles. The van der Waals surface area contributed by atoms with Crippen molar-refractivity contribution in [3.8, 4) is 22.8 Å². The highest BCUT2D eigenvalue weighted by atomic mass is 16.5. The molecule has 0 aromatic carbocycles. The fourth-order valence-electron chi connectivity index (χ4n) is 2.29. The van der Waals surface area contributed by atoms with Crippen molar-refractivity contribution >= 4 is 5.65 Å². The van der Waals surface area contributed by atoms with Crippen LogP contribution in [0.15, 0.2) is 34.0 Å². The number of nitrogens with zero attached hydrogens (tertiary/aromatic N) is 6. The van der Waals surface area contributed by atoms with Crippen LogP contribution in [-0.4, -0.2) is 34.7 Å². The molecule has 0 bridgehead atoms. The van der Waals surface area contributed by atoms with Gasteiger partial charge in [-0.05, 0) is 13.8 Å². The third-order valence-electron chi connectivity index (χ3n) is 3.48. The SMILES string of the molecule is Cc1ncc(-c2noc(-c3cnc4ccnn4c3C)n2)c(=O)[nH]1. The van der Waals surface area contributed by atoms with Gasteiger partial charge < -0.3 is 9.51 Å². The monoisotopic (exact) mass is 309 g/mol. The van der Waals surface area contributed by atoms with E-state index >= 15 is 0 Å². The van der Waals surface area contributed by atoms with Crippen molar-refractivity contribution in [2.75, 3.05) is 0 Å². The zero-order valence-electron chi connectivity index (χ0n) is 12.3. The van der Waals surface area contributed by atoms with Crippen LogP contribution in [0.25, 0.3) is 28.5 Å². The topological polar surface area (TPSA) is 115 Å². The van der Waals surface area contributed by atoms with Gasteiger partial charge in [0.15, 0.2) is 5.65 Å². The number of aromatic amines is 1. The van der Waals surface area contributed by atoms with Crippen molar-refractivity contribution in [3.63, 3.8) is 0 Å². The van der Waals surface area contributed by atoms with Gasteiger partial charge in [0.05, 0.1) is 17.5 Å². The molecular weight excluding hydrogens is 298 g/mol. The zero-order valence-corrected chi connectivity index (χ0v) is 12.3. The molecule has 23 heavy (non-hydrogen) atoms. The molecule has 9 heteroatoms. The van der Waals surface area contributed by atoms with Crippen LogP contribution in [0, 0.1) is 13.8 Å². The Balaban J connectivity index is 1.83. The van der Waals surface area contributed by atoms with Gasteiger partial charge >= 0.3 is 0 Å². The first-order chi connectivity index (χ1) is 11.1. The van der Waals surface area contributed by atoms with Gasteiger partial charge in [0.1, 0.15) is 11.4 Å². The average molecular weight is 309 g/mol. The second kappa shape index (κ2) is 4.83. The van der Waals surface area contributed by atoms with Crippen LogP contribution in [-0.2, 0) is 0 Å². The van der Waals surface area contributed by atoms with E-state index in [0.29, 0.717) is 11.4 Å². The number of hydrogen-bond donors (Lipinski definition) is 1. The van der Waals surface area contributed by atoms with Crippen molar-refractivity contribution in [3.05, 3.63) is 46.5 Å². The van der Waals surface area contributed by atoms with Gasteiger partial charge in [-0.1, -0.05) is 5.16 Å². The summed E-state index contributed by atoms with van der Waals surface area (Å²) in [5.41, 5.74) is 2.12. The maximum absolute atomic E-state index is 11.9. The summed E-state index contributed by atoms with van der Waals surface area (Å²) in [7, 11) is 0. The van der Waals surface area contributed by atoms with Gasteiger partial charge in [-0.25, -0.2) is 14.5 Å². The molecule has 0 amide bonds. The number of aromatic nitrogens is 7. The Bertz CT molecular complexity index is 1080. The summed E-state index contributed by atoms with van der Waals surface area (Å²) in [6, 6.07) is 1.80. The predicted molar refractivity (Wildman–Crippen MR) is 79.6 cm³/mol. The molecule has 0 unspecified atom stereocenters. The largest absolute Gasteiger partial charge is 0.333 e. The quantitative estimate of drug-likeness (QED) is 0.590. The van der Waals surface area contributed by atoms with Crippen molar-refractivity contribution in [1.82, 2.24) is 34.7 Å². The Morgan fingerprint density at radius 2 is 2.00 bits per heavy atom. The molecule has 0 spiro atoms. The molecular formula is C14H11N7O2. The minimum Gasteiger partial charge on any atom is -0.333 e. The lowest BCUT2D eigenvalue weighted by Gasteiger charge is -2.02. The first-order valence-electron chi connectivity index (χ1n) is 6.83. The van der Waals surface area contributed by atoms with Crippen LogP contribution in [0.3, 0.4) is 0 Å². The van der Waals surface area contributed by atoms with Crippen molar-refractivity contribution in [2.24, 2.45) is 0 Å². The maximum atomic E-state index is 11.9. The van der Waals surface area contributed by atoms with Crippen LogP contribution in [0.2, 0.25) is 0 Å². The maximum Gasteiger partial charge on any atom is 0.262 e. The van der Waals surface area contributed by atoms with E-state index in [9.17, 15) is 4.79 Å². The Kier molecular flexibility index (Phi) is 2.80. The molecule has 0 saturated heterocycles. The van der Waals surface area contributed by atoms with Crippen molar-refractivity contribution < 1.29 is 4.52 Å². The highest BCUT2D eigenvalue weighted by molar-refractivity contribution is 5.61. The lowest BCUT2D eigenvalue weighted by molar-refractivity contribution is 0.431. The summed E-state index contributed by atoms with van der Waals surface area (Å²) in [5.74, 6) is 0.961. The molecule has 0 aliphatic carbocycles. The third-order valence-corrected chi connectivity index (χ3v) is 3.48. The first kappa shape index (κ1) is 13.3. The van der Waals surface area contributed by atoms with Gasteiger partial charge in [-0.3, -0.25) is 4.79 Å². The average Bonchev–Trinajstić information content (AvgIpc) is 3.17. The van der Waals surface area contributed by atoms with E-state index in [1.807, 2.05) is 6.92 Å². The Morgan fingerprint density at radius 3 is 2.83 bits per heavy atom. The van der Waals surface area contributed by atoms with Gasteiger partial charge in [-0.15, -0.1) is 0 Å². The molecule has 0 aliphatic rings. The normalized spacial score (nSPS) is 11.2. The summed E-state index contributed by atoms with van der Waals surface area (Å²) in [6.07, 6.45) is 4.72. The first-order valence-corrected chi connectivity index (χ1v) is 6.83. The van der Waals surface area contributed by atoms with E-state index in [0.717, 1.165) is 11.3 Å². The standard InChI is InChI=1S/C14H11N7O2/c1-7-9(5-16-11-3-4-17-21(7)11)14-19-12(20-23-14)10-6-15-8(2)18-13(10)22/h3-6H,1-2H3,(H,15,18,22). The summed E-state index contributed by atoms with van der Waals surface area (Å²) in [4.78, 5) is 27.2. The summed E-state index contributed by atoms with van der Waals surface area (Å²) < 4.78 is 6.95. The van der Waals surface area contributed by atoms with Crippen molar-refractivity contribution in [1.29, 1.82) is 0 Å². The Labute approximate surface area is 129 Å². The van der Waals surface area contributed by atoms with Gasteiger partial charge in [0.25, 0.3) is 11.4 Å². The number of H-pyrrole nitrogens is 1. The second-order valence-electron chi connectivity index (χ2n) is 4.99. The Hall–Kier alpha value is -3.36. The molecule has 4 heterocycles. The predicted octanol–water partition coefficient (Wildman–Crippen LogP) is 1.15. The van der Waals surface area contributed by atoms with Gasteiger partial charge in [0, 0.05) is 18.5 Å². The number of rotatable bonds is 2. The fraction of sp³-hybridized carbons (Fsp3) is 0.143. The van der Waals surface area contributed by atoms with E-state index in [4.69, 9.17) is 4.52 Å². The van der Waals surface area contributed by atoms with Crippen LogP contribution in [0.4, 0.5) is 0 Å². The molecule has 0 atom stereocenters. The molecule has 0 aliphatic heterocycles. The van der Waals surface area contributed by atoms with E-state index in [-0.39, 0.29) is 22.8 Å². The fourth-order valence-corrected chi connectivity index (χ4v) is 2.29. The summed E-state index contributed by atoms with van der Waals surface area (Å²) >= 11 is 0. The minimum atomic E-state index is -0.317. The van der Waals surface area contributed by atoms with Crippen LogP contribution < -0.4 is 5.56 Å². The third kappa shape index (κ3) is 2.09. The van der Waals surface area contributed by atoms with Crippen LogP contribution in [0.5, 0.6) is 0 Å². The molecule has 4 rings (SSSR count). The molecule has 9 nitrogen and oxygen atoms in total.